The minimum Gasteiger partial charge on any atom is -0.444 e. The molecule has 0 radical (unpaired) electrons. The van der Waals surface area contributed by atoms with Crippen LogP contribution in [0.15, 0.2) is 12.1 Å². The first-order valence-corrected chi connectivity index (χ1v) is 9.88. The highest BCUT2D eigenvalue weighted by molar-refractivity contribution is 7.92. The molecule has 0 spiro atoms. The maximum Gasteiger partial charge on any atom is 0.414 e. The standard InChI is InChI=1S/C17H18F2N2O6S/c1-4-5-10-6-7-12(14(19)13(10)18)21-9-11(27-16(21)23)8-17(2,15(22)20-24)28(3,25)26/h6-7,11,24H,8-9H2,1-3H3,(H,20,22). The summed E-state index contributed by atoms with van der Waals surface area (Å²) in [5.74, 6) is 1.08. The molecule has 2 atom stereocenters. The van der Waals surface area contributed by atoms with Crippen molar-refractivity contribution in [3.8, 4) is 11.8 Å². The number of carbonyl (C=O) groups is 2. The van der Waals surface area contributed by atoms with Crippen LogP contribution in [0, 0.1) is 23.5 Å². The Morgan fingerprint density at radius 1 is 1.43 bits per heavy atom. The highest BCUT2D eigenvalue weighted by Crippen LogP contribution is 2.32. The number of hydroxylamine groups is 1. The van der Waals surface area contributed by atoms with Gasteiger partial charge >= 0.3 is 6.09 Å². The fraction of sp³-hybridized carbons (Fsp3) is 0.412. The number of sulfone groups is 1. The van der Waals surface area contributed by atoms with E-state index in [2.05, 4.69) is 11.8 Å². The zero-order valence-corrected chi connectivity index (χ0v) is 16.1. The summed E-state index contributed by atoms with van der Waals surface area (Å²) in [7, 11) is -4.02. The number of hydrogen-bond acceptors (Lipinski definition) is 6. The molecule has 0 bridgehead atoms. The Labute approximate surface area is 160 Å². The first-order valence-electron chi connectivity index (χ1n) is 7.99. The van der Waals surface area contributed by atoms with Crippen molar-refractivity contribution in [3.63, 3.8) is 0 Å². The van der Waals surface area contributed by atoms with Gasteiger partial charge in [-0.3, -0.25) is 14.9 Å². The fourth-order valence-electron chi connectivity index (χ4n) is 2.77. The summed E-state index contributed by atoms with van der Waals surface area (Å²) in [6, 6.07) is 2.35. The molecule has 0 aromatic heterocycles. The lowest BCUT2D eigenvalue weighted by atomic mass is 10.0. The van der Waals surface area contributed by atoms with Crippen molar-refractivity contribution >= 4 is 27.5 Å². The third kappa shape index (κ3) is 3.79. The Morgan fingerprint density at radius 2 is 2.07 bits per heavy atom. The maximum absolute atomic E-state index is 14.4. The molecule has 1 heterocycles. The largest absolute Gasteiger partial charge is 0.444 e. The molecule has 1 aliphatic rings. The molecule has 8 nitrogen and oxygen atoms in total. The second kappa shape index (κ2) is 7.73. The molecule has 11 heteroatoms. The quantitative estimate of drug-likeness (QED) is 0.426. The number of nitrogens with one attached hydrogen (secondary N) is 1. The normalized spacial score (nSPS) is 18.7. The highest BCUT2D eigenvalue weighted by Gasteiger charge is 2.48. The van der Waals surface area contributed by atoms with Gasteiger partial charge in [0, 0.05) is 12.7 Å². The van der Waals surface area contributed by atoms with Crippen LogP contribution < -0.4 is 10.4 Å². The molecule has 28 heavy (non-hydrogen) atoms. The summed E-state index contributed by atoms with van der Waals surface area (Å²) in [5, 5.41) is 8.84. The van der Waals surface area contributed by atoms with E-state index in [1.807, 2.05) is 0 Å². The first kappa shape index (κ1) is 21.6. The van der Waals surface area contributed by atoms with Gasteiger partial charge in [0.15, 0.2) is 26.2 Å². The molecule has 2 rings (SSSR count). The van der Waals surface area contributed by atoms with Gasteiger partial charge in [-0.25, -0.2) is 27.5 Å². The molecular weight excluding hydrogens is 398 g/mol. The van der Waals surface area contributed by atoms with Gasteiger partial charge in [-0.2, -0.15) is 0 Å². The SMILES string of the molecule is CC#Cc1ccc(N2CC(CC(C)(C(=O)NO)S(C)(=O)=O)OC2=O)c(F)c1F. The number of ether oxygens (including phenoxy) is 1. The van der Waals surface area contributed by atoms with Gasteiger partial charge in [0.1, 0.15) is 6.10 Å². The predicted molar refractivity (Wildman–Crippen MR) is 94.3 cm³/mol. The maximum atomic E-state index is 14.4. The van der Waals surface area contributed by atoms with Crippen LogP contribution in [0.3, 0.4) is 0 Å². The van der Waals surface area contributed by atoms with Crippen molar-refractivity contribution < 1.29 is 36.7 Å². The van der Waals surface area contributed by atoms with E-state index in [4.69, 9.17) is 9.94 Å². The van der Waals surface area contributed by atoms with E-state index < -0.39 is 56.4 Å². The molecule has 1 aromatic carbocycles. The van der Waals surface area contributed by atoms with Crippen LogP contribution in [0.1, 0.15) is 25.8 Å². The van der Waals surface area contributed by atoms with Crippen molar-refractivity contribution in [3.05, 3.63) is 29.3 Å². The summed E-state index contributed by atoms with van der Waals surface area (Å²) < 4.78 is 55.4. The minimum atomic E-state index is -4.02. The van der Waals surface area contributed by atoms with Crippen molar-refractivity contribution in [1.82, 2.24) is 5.48 Å². The van der Waals surface area contributed by atoms with Gasteiger partial charge in [-0.15, -0.1) is 5.92 Å². The van der Waals surface area contributed by atoms with E-state index in [1.54, 1.807) is 0 Å². The molecule has 1 aromatic rings. The number of rotatable bonds is 5. The third-order valence-corrected chi connectivity index (χ3v) is 6.49. The van der Waals surface area contributed by atoms with Gasteiger partial charge in [-0.1, -0.05) is 5.92 Å². The van der Waals surface area contributed by atoms with E-state index >= 15 is 0 Å². The third-order valence-electron chi connectivity index (χ3n) is 4.50. The molecule has 2 unspecified atom stereocenters. The average Bonchev–Trinajstić information content (AvgIpc) is 2.97. The van der Waals surface area contributed by atoms with Gasteiger partial charge in [-0.05, 0) is 26.0 Å². The topological polar surface area (TPSA) is 113 Å². The molecular formula is C17H18F2N2O6S. The summed E-state index contributed by atoms with van der Waals surface area (Å²) in [6.07, 6.45) is -1.86. The highest BCUT2D eigenvalue weighted by atomic mass is 32.2. The monoisotopic (exact) mass is 416 g/mol. The van der Waals surface area contributed by atoms with Crippen molar-refractivity contribution in [1.29, 1.82) is 0 Å². The second-order valence-electron chi connectivity index (χ2n) is 6.40. The van der Waals surface area contributed by atoms with E-state index in [1.165, 1.54) is 18.5 Å². The zero-order chi connectivity index (χ0) is 21.3. The Bertz CT molecular complexity index is 985. The van der Waals surface area contributed by atoms with Crippen molar-refractivity contribution in [2.24, 2.45) is 0 Å². The van der Waals surface area contributed by atoms with Gasteiger partial charge in [0.2, 0.25) is 0 Å². The van der Waals surface area contributed by atoms with Gasteiger partial charge < -0.3 is 4.74 Å². The zero-order valence-electron chi connectivity index (χ0n) is 15.2. The van der Waals surface area contributed by atoms with Gasteiger partial charge in [0.05, 0.1) is 17.8 Å². The number of hydrogen-bond donors (Lipinski definition) is 2. The first-order chi connectivity index (χ1) is 13.0. The lowest BCUT2D eigenvalue weighted by molar-refractivity contribution is -0.132. The fourth-order valence-corrected chi connectivity index (χ4v) is 3.64. The number of amides is 2. The predicted octanol–water partition coefficient (Wildman–Crippen LogP) is 1.36. The number of benzene rings is 1. The summed E-state index contributed by atoms with van der Waals surface area (Å²) in [4.78, 5) is 24.8. The van der Waals surface area contributed by atoms with E-state index in [-0.39, 0.29) is 12.1 Å². The summed E-state index contributed by atoms with van der Waals surface area (Å²) >= 11 is 0. The Balaban J connectivity index is 2.32. The summed E-state index contributed by atoms with van der Waals surface area (Å²) in [6.45, 7) is 2.19. The molecule has 2 amide bonds. The van der Waals surface area contributed by atoms with Crippen LogP contribution in [-0.4, -0.2) is 49.3 Å². The van der Waals surface area contributed by atoms with Crippen LogP contribution in [0.2, 0.25) is 0 Å². The molecule has 0 saturated carbocycles. The Kier molecular flexibility index (Phi) is 5.96. The number of cyclic esters (lactones) is 1. The molecule has 1 aliphatic heterocycles. The average molecular weight is 416 g/mol. The van der Waals surface area contributed by atoms with Crippen LogP contribution in [0.4, 0.5) is 19.3 Å². The molecule has 1 saturated heterocycles. The molecule has 1 fully saturated rings. The van der Waals surface area contributed by atoms with E-state index in [0.717, 1.165) is 24.1 Å². The van der Waals surface area contributed by atoms with Crippen molar-refractivity contribution in [2.75, 3.05) is 17.7 Å². The van der Waals surface area contributed by atoms with E-state index in [0.29, 0.717) is 0 Å². The molecule has 0 aliphatic carbocycles. The Morgan fingerprint density at radius 3 is 2.61 bits per heavy atom. The van der Waals surface area contributed by atoms with Gasteiger partial charge in [0.25, 0.3) is 5.91 Å². The number of anilines is 1. The molecule has 2 N–H and O–H groups in total. The second-order valence-corrected chi connectivity index (χ2v) is 8.85. The number of carbonyl (C=O) groups excluding carboxylic acids is 2. The Hall–Kier alpha value is -2.71. The van der Waals surface area contributed by atoms with Crippen LogP contribution in [-0.2, 0) is 19.4 Å². The van der Waals surface area contributed by atoms with Crippen LogP contribution in [0.5, 0.6) is 0 Å². The van der Waals surface area contributed by atoms with Crippen LogP contribution in [0.25, 0.3) is 0 Å². The lowest BCUT2D eigenvalue weighted by Crippen LogP contribution is -2.51. The number of halogens is 2. The lowest BCUT2D eigenvalue weighted by Gasteiger charge is -2.26. The van der Waals surface area contributed by atoms with Crippen molar-refractivity contribution in [2.45, 2.75) is 31.1 Å². The smallest absolute Gasteiger partial charge is 0.414 e. The molecule has 152 valence electrons. The number of nitrogens with zero attached hydrogens (tertiary/aromatic N) is 1. The minimum absolute atomic E-state index is 0.183. The van der Waals surface area contributed by atoms with Crippen LogP contribution >= 0.6 is 0 Å². The van der Waals surface area contributed by atoms with E-state index in [9.17, 15) is 26.8 Å². The summed E-state index contributed by atoms with van der Waals surface area (Å²) in [5.41, 5.74) is 0.694.